The van der Waals surface area contributed by atoms with Gasteiger partial charge in [0.25, 0.3) is 6.47 Å². The summed E-state index contributed by atoms with van der Waals surface area (Å²) in [5.41, 5.74) is -13.1. The molecule has 0 bridgehead atoms. The molecule has 2 aromatic rings. The maximum absolute atomic E-state index is 14.3. The highest BCUT2D eigenvalue weighted by atomic mass is 19.4. The summed E-state index contributed by atoms with van der Waals surface area (Å²) in [6.07, 6.45) is -12.7. The van der Waals surface area contributed by atoms with Crippen molar-refractivity contribution in [3.63, 3.8) is 0 Å². The van der Waals surface area contributed by atoms with Crippen LogP contribution in [-0.2, 0) is 10.2 Å². The fraction of sp³-hybridized carbons (Fsp3) is 0.158. The Hall–Kier alpha value is -4.10. The maximum Gasteiger partial charge on any atom is 0.411 e. The Kier molecular flexibility index (Phi) is 6.44. The molecule has 3 N–H and O–H groups in total. The number of carboxylic acids is 3. The number of benzene rings is 2. The van der Waals surface area contributed by atoms with Crippen LogP contribution in [-0.4, -0.2) is 52.1 Å². The van der Waals surface area contributed by atoms with Crippen LogP contribution in [0, 0.1) is 0 Å². The van der Waals surface area contributed by atoms with Crippen molar-refractivity contribution < 1.29 is 65.6 Å². The van der Waals surface area contributed by atoms with Crippen LogP contribution in [0.15, 0.2) is 36.4 Å². The van der Waals surface area contributed by atoms with Gasteiger partial charge in [-0.15, -0.1) is 0 Å². The summed E-state index contributed by atoms with van der Waals surface area (Å²) in [7, 11) is 0. The van der Waals surface area contributed by atoms with Crippen molar-refractivity contribution >= 4 is 24.4 Å². The minimum atomic E-state index is -6.34. The van der Waals surface area contributed by atoms with Crippen LogP contribution in [0.25, 0.3) is 0 Å². The average molecular weight is 480 g/mol. The zero-order valence-electron chi connectivity index (χ0n) is 15.7. The van der Waals surface area contributed by atoms with Crippen LogP contribution >= 0.6 is 0 Å². The fourth-order valence-electron chi connectivity index (χ4n) is 3.30. The van der Waals surface area contributed by atoms with E-state index in [0.29, 0.717) is 12.1 Å². The molecule has 0 saturated carbocycles. The SMILES string of the molecule is O=COc1cccc(C(c2ccc(C(=O)O)c(C(=O)O)c2)(C(F)(F)F)C(F)(F)F)c1C(=O)O. The van der Waals surface area contributed by atoms with E-state index in [9.17, 15) is 50.6 Å². The zero-order chi connectivity index (χ0) is 25.4. The lowest BCUT2D eigenvalue weighted by Gasteiger charge is -2.39. The van der Waals surface area contributed by atoms with E-state index in [1.807, 2.05) is 0 Å². The second-order valence-corrected chi connectivity index (χ2v) is 6.31. The van der Waals surface area contributed by atoms with Crippen LogP contribution in [0.2, 0.25) is 0 Å². The van der Waals surface area contributed by atoms with Gasteiger partial charge in [0.05, 0.1) is 11.1 Å². The average Bonchev–Trinajstić information content (AvgIpc) is 2.66. The molecule has 0 spiro atoms. The number of hydrogen-bond acceptors (Lipinski definition) is 5. The number of halogens is 6. The number of aromatic carboxylic acids is 3. The second kappa shape index (κ2) is 8.44. The first-order chi connectivity index (χ1) is 15.1. The number of carboxylic acid groups (broad SMARTS) is 3. The van der Waals surface area contributed by atoms with Gasteiger partial charge in [0.1, 0.15) is 11.3 Å². The van der Waals surface area contributed by atoms with E-state index >= 15 is 0 Å². The summed E-state index contributed by atoms with van der Waals surface area (Å²) in [4.78, 5) is 44.8. The van der Waals surface area contributed by atoms with Crippen molar-refractivity contribution in [2.24, 2.45) is 0 Å². The first-order valence-corrected chi connectivity index (χ1v) is 8.32. The Bertz CT molecular complexity index is 1120. The van der Waals surface area contributed by atoms with Gasteiger partial charge >= 0.3 is 30.3 Å². The molecular weight excluding hydrogens is 470 g/mol. The summed E-state index contributed by atoms with van der Waals surface area (Å²) >= 11 is 0. The first kappa shape index (κ1) is 25.2. The molecule has 0 aliphatic heterocycles. The molecule has 0 aliphatic carbocycles. The molecule has 0 radical (unpaired) electrons. The third-order valence-corrected chi connectivity index (χ3v) is 4.58. The summed E-state index contributed by atoms with van der Waals surface area (Å²) in [6, 6.07) is 1.53. The minimum Gasteiger partial charge on any atom is -0.478 e. The van der Waals surface area contributed by atoms with E-state index in [1.165, 1.54) is 0 Å². The maximum atomic E-state index is 14.3. The molecule has 0 aromatic heterocycles. The van der Waals surface area contributed by atoms with Gasteiger partial charge in [0.2, 0.25) is 5.41 Å². The Morgan fingerprint density at radius 2 is 1.33 bits per heavy atom. The Labute approximate surface area is 178 Å². The first-order valence-electron chi connectivity index (χ1n) is 8.32. The molecule has 0 amide bonds. The molecule has 0 aliphatic rings. The molecule has 2 rings (SSSR count). The molecule has 0 unspecified atom stereocenters. The number of carbonyl (C=O) groups is 4. The monoisotopic (exact) mass is 480 g/mol. The van der Waals surface area contributed by atoms with Crippen LogP contribution in [0.3, 0.4) is 0 Å². The van der Waals surface area contributed by atoms with Crippen molar-refractivity contribution in [3.05, 3.63) is 64.2 Å². The molecule has 0 saturated heterocycles. The molecular formula is C19H10F6O8. The van der Waals surface area contributed by atoms with Crippen molar-refractivity contribution in [2.75, 3.05) is 0 Å². The van der Waals surface area contributed by atoms with E-state index in [0.717, 1.165) is 0 Å². The lowest BCUT2D eigenvalue weighted by molar-refractivity contribution is -0.288. The summed E-state index contributed by atoms with van der Waals surface area (Å²) in [5, 5.41) is 27.6. The molecule has 0 fully saturated rings. The van der Waals surface area contributed by atoms with Gasteiger partial charge in [-0.2, -0.15) is 26.3 Å². The zero-order valence-corrected chi connectivity index (χ0v) is 15.7. The molecule has 8 nitrogen and oxygen atoms in total. The van der Waals surface area contributed by atoms with E-state index in [1.54, 1.807) is 0 Å². The van der Waals surface area contributed by atoms with Gasteiger partial charge in [0, 0.05) is 0 Å². The lowest BCUT2D eigenvalue weighted by Crippen LogP contribution is -2.55. The topological polar surface area (TPSA) is 138 Å². The quantitative estimate of drug-likeness (QED) is 0.403. The Morgan fingerprint density at radius 3 is 1.76 bits per heavy atom. The summed E-state index contributed by atoms with van der Waals surface area (Å²) in [6.45, 7) is -0.418. The van der Waals surface area contributed by atoms with E-state index < -0.39 is 75.7 Å². The highest BCUT2D eigenvalue weighted by molar-refractivity contribution is 6.02. The second-order valence-electron chi connectivity index (χ2n) is 6.31. The van der Waals surface area contributed by atoms with Crippen molar-refractivity contribution in [1.82, 2.24) is 0 Å². The molecule has 0 atom stereocenters. The molecule has 176 valence electrons. The van der Waals surface area contributed by atoms with Gasteiger partial charge in [-0.3, -0.25) is 4.79 Å². The minimum absolute atomic E-state index is 0.0791. The number of rotatable bonds is 7. The van der Waals surface area contributed by atoms with Gasteiger partial charge in [-0.05, 0) is 29.3 Å². The summed E-state index contributed by atoms with van der Waals surface area (Å²) < 4.78 is 90.1. The Balaban J connectivity index is 3.18. The van der Waals surface area contributed by atoms with E-state index in [2.05, 4.69) is 4.74 Å². The Morgan fingerprint density at radius 1 is 0.788 bits per heavy atom. The predicted molar refractivity (Wildman–Crippen MR) is 93.3 cm³/mol. The lowest BCUT2D eigenvalue weighted by atomic mass is 9.70. The highest BCUT2D eigenvalue weighted by Crippen LogP contribution is 2.57. The molecule has 33 heavy (non-hydrogen) atoms. The smallest absolute Gasteiger partial charge is 0.411 e. The molecule has 14 heteroatoms. The standard InChI is InChI=1S/C19H10F6O8/c20-18(21,22)17(19(23,24)25,8-4-5-9(14(27)28)10(6-8)15(29)30)11-2-1-3-12(33-7-26)13(11)16(31)32/h1-7H,(H,27,28)(H,29,30)(H,31,32). The van der Waals surface area contributed by atoms with E-state index in [-0.39, 0.29) is 24.3 Å². The molecule has 0 heterocycles. The van der Waals surface area contributed by atoms with E-state index in [4.69, 9.17) is 10.2 Å². The molecule has 2 aromatic carbocycles. The van der Waals surface area contributed by atoms with Crippen molar-refractivity contribution in [2.45, 2.75) is 17.8 Å². The summed E-state index contributed by atoms with van der Waals surface area (Å²) in [5.74, 6) is -7.56. The van der Waals surface area contributed by atoms with Gasteiger partial charge in [0.15, 0.2) is 0 Å². The van der Waals surface area contributed by atoms with Gasteiger partial charge in [-0.25, -0.2) is 14.4 Å². The number of alkyl halides is 6. The van der Waals surface area contributed by atoms with Gasteiger partial charge in [-0.1, -0.05) is 18.2 Å². The van der Waals surface area contributed by atoms with Crippen LogP contribution < -0.4 is 4.74 Å². The number of ether oxygens (including phenoxy) is 1. The normalized spacial score (nSPS) is 12.2. The van der Waals surface area contributed by atoms with Crippen molar-refractivity contribution in [1.29, 1.82) is 0 Å². The highest BCUT2D eigenvalue weighted by Gasteiger charge is 2.73. The third-order valence-electron chi connectivity index (χ3n) is 4.58. The third kappa shape index (κ3) is 4.06. The van der Waals surface area contributed by atoms with Crippen LogP contribution in [0.5, 0.6) is 5.75 Å². The number of hydrogen-bond donors (Lipinski definition) is 3. The van der Waals surface area contributed by atoms with Crippen molar-refractivity contribution in [3.8, 4) is 5.75 Å². The predicted octanol–water partition coefficient (Wildman–Crippen LogP) is 3.73. The fourth-order valence-corrected chi connectivity index (χ4v) is 3.30. The largest absolute Gasteiger partial charge is 0.478 e. The van der Waals surface area contributed by atoms with Gasteiger partial charge < -0.3 is 20.1 Å². The number of carbonyl (C=O) groups excluding carboxylic acids is 1. The van der Waals surface area contributed by atoms with Crippen LogP contribution in [0.1, 0.15) is 42.2 Å². The van der Waals surface area contributed by atoms with Crippen LogP contribution in [0.4, 0.5) is 26.3 Å².